The monoisotopic (exact) mass is 353 g/mol. The zero-order chi connectivity index (χ0) is 17.5. The Bertz CT molecular complexity index is 838. The predicted octanol–water partition coefficient (Wildman–Crippen LogP) is 5.35. The van der Waals surface area contributed by atoms with Gasteiger partial charge in [-0.15, -0.1) is 11.8 Å². The molecule has 3 nitrogen and oxygen atoms in total. The summed E-state index contributed by atoms with van der Waals surface area (Å²) in [5, 5.41) is 2.78. The minimum atomic E-state index is -0.317. The zero-order valence-electron chi connectivity index (χ0n) is 13.3. The number of anilines is 1. The van der Waals surface area contributed by atoms with E-state index in [-0.39, 0.29) is 17.5 Å². The maximum absolute atomic E-state index is 13.5. The highest BCUT2D eigenvalue weighted by Gasteiger charge is 2.07. The normalized spacial score (nSPS) is 10.3. The van der Waals surface area contributed by atoms with Crippen LogP contribution < -0.4 is 10.1 Å². The molecular formula is C20H16FNO2S. The lowest BCUT2D eigenvalue weighted by Gasteiger charge is -2.08. The van der Waals surface area contributed by atoms with Gasteiger partial charge >= 0.3 is 0 Å². The second kappa shape index (κ2) is 8.35. The van der Waals surface area contributed by atoms with E-state index in [9.17, 15) is 9.18 Å². The smallest absolute Gasteiger partial charge is 0.234 e. The van der Waals surface area contributed by atoms with Gasteiger partial charge in [-0.1, -0.05) is 30.3 Å². The first-order chi connectivity index (χ1) is 12.2. The second-order valence-electron chi connectivity index (χ2n) is 5.21. The van der Waals surface area contributed by atoms with Gasteiger partial charge in [0.2, 0.25) is 5.91 Å². The molecule has 0 aliphatic carbocycles. The quantitative estimate of drug-likeness (QED) is 0.607. The maximum Gasteiger partial charge on any atom is 0.234 e. The first-order valence-electron chi connectivity index (χ1n) is 7.71. The molecule has 0 saturated carbocycles. The van der Waals surface area contributed by atoms with Crippen molar-refractivity contribution in [2.45, 2.75) is 4.90 Å². The van der Waals surface area contributed by atoms with Gasteiger partial charge in [-0.25, -0.2) is 4.39 Å². The van der Waals surface area contributed by atoms with Crippen LogP contribution in [-0.4, -0.2) is 11.7 Å². The van der Waals surface area contributed by atoms with Crippen molar-refractivity contribution in [3.8, 4) is 11.5 Å². The van der Waals surface area contributed by atoms with Crippen molar-refractivity contribution in [3.05, 3.63) is 84.7 Å². The lowest BCUT2D eigenvalue weighted by molar-refractivity contribution is -0.113. The molecular weight excluding hydrogens is 337 g/mol. The van der Waals surface area contributed by atoms with Crippen molar-refractivity contribution >= 4 is 23.4 Å². The molecule has 5 heteroatoms. The number of rotatable bonds is 6. The Balaban J connectivity index is 1.52. The van der Waals surface area contributed by atoms with Gasteiger partial charge in [0.25, 0.3) is 0 Å². The number of carbonyl (C=O) groups is 1. The van der Waals surface area contributed by atoms with Crippen LogP contribution in [0.2, 0.25) is 0 Å². The highest BCUT2D eigenvalue weighted by molar-refractivity contribution is 8.00. The fraction of sp³-hybridized carbons (Fsp3) is 0.0500. The van der Waals surface area contributed by atoms with Gasteiger partial charge in [-0.3, -0.25) is 4.79 Å². The molecule has 0 heterocycles. The number of amides is 1. The summed E-state index contributed by atoms with van der Waals surface area (Å²) in [6, 6.07) is 23.0. The Morgan fingerprint density at radius 1 is 0.880 bits per heavy atom. The fourth-order valence-electron chi connectivity index (χ4n) is 2.13. The van der Waals surface area contributed by atoms with Crippen molar-refractivity contribution in [2.24, 2.45) is 0 Å². The summed E-state index contributed by atoms with van der Waals surface area (Å²) in [6.45, 7) is 0. The summed E-state index contributed by atoms with van der Waals surface area (Å²) in [7, 11) is 0. The standard InChI is InChI=1S/C20H16FNO2S/c21-18-8-4-5-9-19(18)25-14-20(23)22-15-10-12-17(13-11-15)24-16-6-2-1-3-7-16/h1-13H,14H2,(H,22,23). The SMILES string of the molecule is O=C(CSc1ccccc1F)Nc1ccc(Oc2ccccc2)cc1. The number of hydrogen-bond acceptors (Lipinski definition) is 3. The number of halogens is 1. The van der Waals surface area contributed by atoms with Crippen LogP contribution >= 0.6 is 11.8 Å². The summed E-state index contributed by atoms with van der Waals surface area (Å²) in [5.41, 5.74) is 0.666. The van der Waals surface area contributed by atoms with E-state index in [4.69, 9.17) is 4.74 Å². The van der Waals surface area contributed by atoms with Crippen molar-refractivity contribution in [1.82, 2.24) is 0 Å². The number of nitrogens with one attached hydrogen (secondary N) is 1. The highest BCUT2D eigenvalue weighted by atomic mass is 32.2. The molecule has 126 valence electrons. The van der Waals surface area contributed by atoms with E-state index in [0.717, 1.165) is 5.75 Å². The zero-order valence-corrected chi connectivity index (χ0v) is 14.1. The third-order valence-electron chi connectivity index (χ3n) is 3.31. The Kier molecular flexibility index (Phi) is 5.69. The molecule has 25 heavy (non-hydrogen) atoms. The summed E-state index contributed by atoms with van der Waals surface area (Å²) < 4.78 is 19.2. The van der Waals surface area contributed by atoms with Gasteiger partial charge in [0.05, 0.1) is 5.75 Å². The molecule has 0 spiro atoms. The van der Waals surface area contributed by atoms with Crippen molar-refractivity contribution in [3.63, 3.8) is 0 Å². The molecule has 1 amide bonds. The maximum atomic E-state index is 13.5. The van der Waals surface area contributed by atoms with E-state index in [1.165, 1.54) is 17.8 Å². The predicted molar refractivity (Wildman–Crippen MR) is 98.7 cm³/mol. The minimum Gasteiger partial charge on any atom is -0.457 e. The molecule has 3 aromatic rings. The van der Waals surface area contributed by atoms with Crippen LogP contribution in [0.5, 0.6) is 11.5 Å². The molecule has 0 radical (unpaired) electrons. The van der Waals surface area contributed by atoms with Crippen molar-refractivity contribution in [2.75, 3.05) is 11.1 Å². The molecule has 0 atom stereocenters. The van der Waals surface area contributed by atoms with Gasteiger partial charge in [0.15, 0.2) is 0 Å². The number of hydrogen-bond donors (Lipinski definition) is 1. The molecule has 0 saturated heterocycles. The molecule has 3 aromatic carbocycles. The fourth-order valence-corrected chi connectivity index (χ4v) is 2.87. The summed E-state index contributed by atoms with van der Waals surface area (Å²) >= 11 is 1.17. The van der Waals surface area contributed by atoms with Gasteiger partial charge in [-0.2, -0.15) is 0 Å². The van der Waals surface area contributed by atoms with Crippen LogP contribution in [0.4, 0.5) is 10.1 Å². The van der Waals surface area contributed by atoms with E-state index in [0.29, 0.717) is 16.3 Å². The first kappa shape index (κ1) is 17.0. The van der Waals surface area contributed by atoms with Gasteiger partial charge in [0, 0.05) is 10.6 Å². The molecule has 0 bridgehead atoms. The molecule has 0 aliphatic heterocycles. The van der Waals surface area contributed by atoms with Crippen LogP contribution in [0.1, 0.15) is 0 Å². The second-order valence-corrected chi connectivity index (χ2v) is 6.22. The average Bonchev–Trinajstić information content (AvgIpc) is 2.64. The van der Waals surface area contributed by atoms with Crippen LogP contribution in [0.15, 0.2) is 83.8 Å². The minimum absolute atomic E-state index is 0.142. The highest BCUT2D eigenvalue weighted by Crippen LogP contribution is 2.24. The van der Waals surface area contributed by atoms with Crippen LogP contribution in [-0.2, 0) is 4.79 Å². The van der Waals surface area contributed by atoms with Gasteiger partial charge in [-0.05, 0) is 48.5 Å². The molecule has 0 unspecified atom stereocenters. The summed E-state index contributed by atoms with van der Waals surface area (Å²) in [4.78, 5) is 12.4. The number of para-hydroxylation sites is 1. The average molecular weight is 353 g/mol. The molecule has 3 rings (SSSR count). The lowest BCUT2D eigenvalue weighted by Crippen LogP contribution is -2.13. The Hall–Kier alpha value is -2.79. The Morgan fingerprint density at radius 2 is 1.52 bits per heavy atom. The van der Waals surface area contributed by atoms with E-state index in [1.807, 2.05) is 30.3 Å². The third kappa shape index (κ3) is 5.09. The largest absolute Gasteiger partial charge is 0.457 e. The van der Waals surface area contributed by atoms with Crippen LogP contribution in [0.3, 0.4) is 0 Å². The van der Waals surface area contributed by atoms with Crippen LogP contribution in [0, 0.1) is 5.82 Å². The molecule has 0 fully saturated rings. The third-order valence-corrected chi connectivity index (χ3v) is 4.36. The summed E-state index contributed by atoms with van der Waals surface area (Å²) in [6.07, 6.45) is 0. The lowest BCUT2D eigenvalue weighted by atomic mass is 10.3. The number of ether oxygens (including phenoxy) is 1. The first-order valence-corrected chi connectivity index (χ1v) is 8.69. The Morgan fingerprint density at radius 3 is 2.24 bits per heavy atom. The van der Waals surface area contributed by atoms with Crippen molar-refractivity contribution in [1.29, 1.82) is 0 Å². The number of thioether (sulfide) groups is 1. The molecule has 0 aliphatic rings. The van der Waals surface area contributed by atoms with Gasteiger partial charge in [0.1, 0.15) is 17.3 Å². The van der Waals surface area contributed by atoms with Gasteiger partial charge < -0.3 is 10.1 Å². The molecule has 1 N–H and O–H groups in total. The topological polar surface area (TPSA) is 38.3 Å². The van der Waals surface area contributed by atoms with Crippen LogP contribution in [0.25, 0.3) is 0 Å². The van der Waals surface area contributed by atoms with Crippen molar-refractivity contribution < 1.29 is 13.9 Å². The number of benzene rings is 3. The van der Waals surface area contributed by atoms with E-state index in [1.54, 1.807) is 42.5 Å². The Labute approximate surface area is 149 Å². The van der Waals surface area contributed by atoms with E-state index < -0.39 is 0 Å². The number of carbonyl (C=O) groups excluding carboxylic acids is 1. The molecule has 0 aromatic heterocycles. The van der Waals surface area contributed by atoms with E-state index >= 15 is 0 Å². The summed E-state index contributed by atoms with van der Waals surface area (Å²) in [5.74, 6) is 1.07. The van der Waals surface area contributed by atoms with E-state index in [2.05, 4.69) is 5.32 Å².